The van der Waals surface area contributed by atoms with Gasteiger partial charge in [-0.3, -0.25) is 4.79 Å². The summed E-state index contributed by atoms with van der Waals surface area (Å²) in [4.78, 5) is 12.7. The van der Waals surface area contributed by atoms with E-state index < -0.39 is 23.1 Å². The van der Waals surface area contributed by atoms with Gasteiger partial charge in [-0.1, -0.05) is 42.5 Å². The number of nitrogens with one attached hydrogen (secondary N) is 1. The van der Waals surface area contributed by atoms with Crippen LogP contribution in [0.4, 0.5) is 13.2 Å². The van der Waals surface area contributed by atoms with E-state index in [1.54, 1.807) is 37.4 Å². The molecule has 0 bridgehead atoms. The maximum absolute atomic E-state index is 13.1. The fourth-order valence-electron chi connectivity index (χ4n) is 2.75. The van der Waals surface area contributed by atoms with Crippen molar-refractivity contribution < 1.29 is 22.7 Å². The lowest BCUT2D eigenvalue weighted by atomic mass is 9.82. The van der Waals surface area contributed by atoms with Crippen LogP contribution in [0.2, 0.25) is 0 Å². The second-order valence-electron chi connectivity index (χ2n) is 5.35. The van der Waals surface area contributed by atoms with Gasteiger partial charge in [0.05, 0.1) is 5.56 Å². The summed E-state index contributed by atoms with van der Waals surface area (Å²) >= 11 is 0. The molecule has 0 fully saturated rings. The molecule has 124 valence electrons. The Kier molecular flexibility index (Phi) is 3.83. The van der Waals surface area contributed by atoms with Crippen molar-refractivity contribution >= 4 is 5.78 Å². The predicted molar refractivity (Wildman–Crippen MR) is 81.9 cm³/mol. The molecule has 6 heteroatoms. The maximum Gasteiger partial charge on any atom is 0.416 e. The number of hydrogen-bond donors (Lipinski definition) is 1. The molecule has 1 N–H and O–H groups in total. The van der Waals surface area contributed by atoms with Crippen molar-refractivity contribution in [3.8, 4) is 0 Å². The molecule has 1 unspecified atom stereocenters. The summed E-state index contributed by atoms with van der Waals surface area (Å²) in [6.45, 7) is 0. The molecule has 1 aliphatic rings. The lowest BCUT2D eigenvalue weighted by Gasteiger charge is -2.29. The number of benzene rings is 2. The van der Waals surface area contributed by atoms with Gasteiger partial charge < -0.3 is 10.1 Å². The zero-order valence-corrected chi connectivity index (χ0v) is 12.7. The second kappa shape index (κ2) is 5.70. The Balaban J connectivity index is 2.20. The molecule has 0 radical (unpaired) electrons. The van der Waals surface area contributed by atoms with Gasteiger partial charge >= 0.3 is 6.18 Å². The van der Waals surface area contributed by atoms with Gasteiger partial charge in [-0.05, 0) is 12.1 Å². The normalized spacial score (nSPS) is 20.5. The summed E-state index contributed by atoms with van der Waals surface area (Å²) in [6.07, 6.45) is -3.25. The summed E-state index contributed by atoms with van der Waals surface area (Å²) in [5.74, 6) is -0.223. The van der Waals surface area contributed by atoms with Gasteiger partial charge in [-0.2, -0.15) is 13.2 Å². The van der Waals surface area contributed by atoms with E-state index in [4.69, 9.17) is 4.74 Å². The lowest BCUT2D eigenvalue weighted by Crippen LogP contribution is -2.36. The molecule has 0 saturated carbocycles. The first-order valence-corrected chi connectivity index (χ1v) is 7.24. The summed E-state index contributed by atoms with van der Waals surface area (Å²) in [5, 5.41) is 2.73. The molecule has 0 aromatic heterocycles. The maximum atomic E-state index is 13.1. The highest BCUT2D eigenvalue weighted by Crippen LogP contribution is 2.42. The van der Waals surface area contributed by atoms with E-state index in [2.05, 4.69) is 5.32 Å². The van der Waals surface area contributed by atoms with Crippen LogP contribution in [-0.4, -0.2) is 12.8 Å². The molecule has 1 aliphatic heterocycles. The van der Waals surface area contributed by atoms with Crippen LogP contribution >= 0.6 is 0 Å². The van der Waals surface area contributed by atoms with Crippen LogP contribution in [0.3, 0.4) is 0 Å². The highest BCUT2D eigenvalue weighted by Gasteiger charge is 2.48. The number of alkyl halides is 3. The van der Waals surface area contributed by atoms with Gasteiger partial charge in [-0.15, -0.1) is 0 Å². The number of ether oxygens (including phenoxy) is 1. The Morgan fingerprint density at radius 2 is 1.67 bits per heavy atom. The van der Waals surface area contributed by atoms with E-state index in [0.29, 0.717) is 5.56 Å². The topological polar surface area (TPSA) is 38.3 Å². The van der Waals surface area contributed by atoms with E-state index in [1.165, 1.54) is 18.2 Å². The fourth-order valence-corrected chi connectivity index (χ4v) is 2.75. The largest absolute Gasteiger partial charge is 0.455 e. The van der Waals surface area contributed by atoms with Gasteiger partial charge in [0.15, 0.2) is 5.88 Å². The van der Waals surface area contributed by atoms with Crippen molar-refractivity contribution in [2.45, 2.75) is 11.8 Å². The monoisotopic (exact) mass is 333 g/mol. The Hall–Kier alpha value is -2.76. The third-order valence-corrected chi connectivity index (χ3v) is 3.90. The van der Waals surface area contributed by atoms with Gasteiger partial charge in [0.1, 0.15) is 0 Å². The van der Waals surface area contributed by atoms with Crippen molar-refractivity contribution in [3.63, 3.8) is 0 Å². The molecule has 3 nitrogen and oxygen atoms in total. The smallest absolute Gasteiger partial charge is 0.416 e. The molecule has 0 amide bonds. The zero-order valence-electron chi connectivity index (χ0n) is 12.7. The minimum Gasteiger partial charge on any atom is -0.455 e. The molecule has 24 heavy (non-hydrogen) atoms. The second-order valence-corrected chi connectivity index (χ2v) is 5.35. The first-order valence-electron chi connectivity index (χ1n) is 7.24. The quantitative estimate of drug-likeness (QED) is 0.932. The van der Waals surface area contributed by atoms with Crippen molar-refractivity contribution in [1.29, 1.82) is 0 Å². The number of ketones is 1. The van der Waals surface area contributed by atoms with Gasteiger partial charge in [0.2, 0.25) is 11.4 Å². The van der Waals surface area contributed by atoms with E-state index in [1.807, 2.05) is 0 Å². The van der Waals surface area contributed by atoms with Gasteiger partial charge in [0, 0.05) is 24.3 Å². The lowest BCUT2D eigenvalue weighted by molar-refractivity contribution is -0.138. The van der Waals surface area contributed by atoms with Crippen LogP contribution < -0.4 is 5.32 Å². The van der Waals surface area contributed by atoms with Crippen LogP contribution in [0.15, 0.2) is 66.6 Å². The molecule has 1 heterocycles. The standard InChI is InChI=1S/C18H14F3NO2/c1-22-16-11-15(23)17(24-16,12-6-3-2-4-7-12)13-8-5-9-14(10-13)18(19,20)21/h2-11,22H,1H3. The van der Waals surface area contributed by atoms with Crippen LogP contribution in [0.1, 0.15) is 16.7 Å². The number of carbonyl (C=O) groups excluding carboxylic acids is 1. The minimum atomic E-state index is -4.51. The number of halogens is 3. The van der Waals surface area contributed by atoms with Crippen molar-refractivity contribution in [2.75, 3.05) is 7.05 Å². The molecule has 0 aliphatic carbocycles. The number of hydrogen-bond acceptors (Lipinski definition) is 3. The van der Waals surface area contributed by atoms with Crippen LogP contribution in [0, 0.1) is 0 Å². The Morgan fingerprint density at radius 1 is 1.00 bits per heavy atom. The third kappa shape index (κ3) is 2.54. The Morgan fingerprint density at radius 3 is 2.25 bits per heavy atom. The van der Waals surface area contributed by atoms with E-state index >= 15 is 0 Å². The highest BCUT2D eigenvalue weighted by atomic mass is 19.4. The van der Waals surface area contributed by atoms with Crippen molar-refractivity contribution in [3.05, 3.63) is 83.2 Å². The fraction of sp³-hybridized carbons (Fsp3) is 0.167. The van der Waals surface area contributed by atoms with Crippen LogP contribution in [-0.2, 0) is 21.3 Å². The SMILES string of the molecule is CNC1=CC(=O)C(c2ccccc2)(c2cccc(C(F)(F)F)c2)O1. The minimum absolute atomic E-state index is 0.134. The summed E-state index contributed by atoms with van der Waals surface area (Å²) in [7, 11) is 1.58. The predicted octanol–water partition coefficient (Wildman–Crippen LogP) is 3.61. The Bertz CT molecular complexity index is 799. The van der Waals surface area contributed by atoms with E-state index in [-0.39, 0.29) is 11.4 Å². The number of rotatable bonds is 3. The van der Waals surface area contributed by atoms with Gasteiger partial charge in [-0.25, -0.2) is 0 Å². The summed E-state index contributed by atoms with van der Waals surface area (Å²) < 4.78 is 45.0. The molecule has 2 aromatic carbocycles. The molecular weight excluding hydrogens is 319 g/mol. The Labute approximate surface area is 136 Å². The molecule has 0 saturated heterocycles. The van der Waals surface area contributed by atoms with Crippen molar-refractivity contribution in [1.82, 2.24) is 5.32 Å². The summed E-state index contributed by atoms with van der Waals surface area (Å²) in [5.41, 5.74) is -1.85. The first kappa shape index (κ1) is 16.1. The van der Waals surface area contributed by atoms with Crippen molar-refractivity contribution in [2.24, 2.45) is 0 Å². The van der Waals surface area contributed by atoms with E-state index in [9.17, 15) is 18.0 Å². The molecular formula is C18H14F3NO2. The first-order chi connectivity index (χ1) is 11.4. The third-order valence-electron chi connectivity index (χ3n) is 3.90. The summed E-state index contributed by atoms with van der Waals surface area (Å²) in [6, 6.07) is 13.1. The molecule has 0 spiro atoms. The highest BCUT2D eigenvalue weighted by molar-refractivity contribution is 6.02. The van der Waals surface area contributed by atoms with Crippen LogP contribution in [0.25, 0.3) is 0 Å². The molecule has 1 atom stereocenters. The zero-order chi connectivity index (χ0) is 17.4. The van der Waals surface area contributed by atoms with Crippen LogP contribution in [0.5, 0.6) is 0 Å². The van der Waals surface area contributed by atoms with Gasteiger partial charge in [0.25, 0.3) is 0 Å². The molecule has 3 rings (SSSR count). The number of carbonyl (C=O) groups is 1. The average Bonchev–Trinajstić information content (AvgIpc) is 2.93. The average molecular weight is 333 g/mol. The molecule has 2 aromatic rings. The van der Waals surface area contributed by atoms with E-state index in [0.717, 1.165) is 12.1 Å².